The Labute approximate surface area is 217 Å². The van der Waals surface area contributed by atoms with Crippen molar-refractivity contribution >= 4 is 17.6 Å². The summed E-state index contributed by atoms with van der Waals surface area (Å²) < 4.78 is 11.0. The maximum atomic E-state index is 13.7. The number of piperazine rings is 1. The Morgan fingerprint density at radius 1 is 0.838 bits per heavy atom. The SMILES string of the molecule is CCc1cccc(N2C(=O)C(Cc3ccccc3)N=C2N2CCN(Cc3ccc4c(c3)OCO4)CC2)c1. The average Bonchev–Trinajstić information content (AvgIpc) is 3.54. The van der Waals surface area contributed by atoms with E-state index in [1.165, 1.54) is 11.1 Å². The predicted molar refractivity (Wildman–Crippen MR) is 144 cm³/mol. The molecule has 1 atom stereocenters. The van der Waals surface area contributed by atoms with Crippen LogP contribution in [0.5, 0.6) is 11.5 Å². The number of benzene rings is 3. The fraction of sp³-hybridized carbons (Fsp3) is 0.333. The molecule has 0 spiro atoms. The molecule has 3 aromatic carbocycles. The first-order chi connectivity index (χ1) is 18.2. The van der Waals surface area contributed by atoms with Gasteiger partial charge < -0.3 is 14.4 Å². The van der Waals surface area contributed by atoms with Crippen molar-refractivity contribution in [2.45, 2.75) is 32.4 Å². The highest BCUT2D eigenvalue weighted by atomic mass is 16.7. The molecular formula is C30H32N4O3. The first kappa shape index (κ1) is 23.6. The van der Waals surface area contributed by atoms with Crippen molar-refractivity contribution in [1.29, 1.82) is 0 Å². The highest BCUT2D eigenvalue weighted by Crippen LogP contribution is 2.33. The Kier molecular flexibility index (Phi) is 6.53. The van der Waals surface area contributed by atoms with Gasteiger partial charge in [0.1, 0.15) is 6.04 Å². The maximum absolute atomic E-state index is 13.7. The minimum atomic E-state index is -0.408. The van der Waals surface area contributed by atoms with E-state index >= 15 is 0 Å². The fourth-order valence-corrected chi connectivity index (χ4v) is 5.25. The van der Waals surface area contributed by atoms with Crippen LogP contribution in [0.25, 0.3) is 0 Å². The lowest BCUT2D eigenvalue weighted by Gasteiger charge is -2.37. The molecule has 3 aromatic rings. The average molecular weight is 497 g/mol. The molecule has 7 heteroatoms. The topological polar surface area (TPSA) is 57.6 Å². The molecule has 3 aliphatic rings. The number of aryl methyl sites for hydroxylation is 1. The Morgan fingerprint density at radius 2 is 1.62 bits per heavy atom. The standard InChI is InChI=1S/C30H32N4O3/c1-2-22-9-6-10-25(17-22)34-29(35)26(18-23-7-4-3-5-8-23)31-30(34)33-15-13-32(14-16-33)20-24-11-12-27-28(19-24)37-21-36-27/h3-12,17,19,26H,2,13-16,18,20-21H2,1H3. The van der Waals surface area contributed by atoms with Crippen molar-refractivity contribution in [1.82, 2.24) is 9.80 Å². The molecule has 0 bridgehead atoms. The zero-order valence-corrected chi connectivity index (χ0v) is 21.2. The molecule has 3 heterocycles. The molecule has 190 valence electrons. The fourth-order valence-electron chi connectivity index (χ4n) is 5.25. The summed E-state index contributed by atoms with van der Waals surface area (Å²) in [5, 5.41) is 0. The second-order valence-electron chi connectivity index (χ2n) is 9.78. The minimum Gasteiger partial charge on any atom is -0.454 e. The van der Waals surface area contributed by atoms with Crippen LogP contribution >= 0.6 is 0 Å². The summed E-state index contributed by atoms with van der Waals surface area (Å²) in [7, 11) is 0. The summed E-state index contributed by atoms with van der Waals surface area (Å²) in [5.74, 6) is 2.47. The first-order valence-corrected chi connectivity index (χ1v) is 13.1. The van der Waals surface area contributed by atoms with Crippen molar-refractivity contribution < 1.29 is 14.3 Å². The summed E-state index contributed by atoms with van der Waals surface area (Å²) in [6, 6.07) is 24.2. The van der Waals surface area contributed by atoms with Crippen molar-refractivity contribution in [3.05, 3.63) is 89.5 Å². The van der Waals surface area contributed by atoms with Gasteiger partial charge in [-0.3, -0.25) is 9.69 Å². The lowest BCUT2D eigenvalue weighted by atomic mass is 10.1. The third-order valence-corrected chi connectivity index (χ3v) is 7.32. The molecule has 1 saturated heterocycles. The van der Waals surface area contributed by atoms with E-state index in [0.717, 1.165) is 67.9 Å². The van der Waals surface area contributed by atoms with E-state index in [-0.39, 0.29) is 5.91 Å². The van der Waals surface area contributed by atoms with Crippen LogP contribution < -0.4 is 14.4 Å². The highest BCUT2D eigenvalue weighted by molar-refractivity contribution is 6.22. The lowest BCUT2D eigenvalue weighted by Crippen LogP contribution is -2.53. The van der Waals surface area contributed by atoms with Gasteiger partial charge in [0.15, 0.2) is 11.5 Å². The van der Waals surface area contributed by atoms with E-state index < -0.39 is 6.04 Å². The molecule has 7 nitrogen and oxygen atoms in total. The first-order valence-electron chi connectivity index (χ1n) is 13.1. The number of carbonyl (C=O) groups excluding carboxylic acids is 1. The lowest BCUT2D eigenvalue weighted by molar-refractivity contribution is -0.118. The van der Waals surface area contributed by atoms with Crippen LogP contribution in [0.15, 0.2) is 77.8 Å². The van der Waals surface area contributed by atoms with E-state index in [2.05, 4.69) is 53.1 Å². The van der Waals surface area contributed by atoms with Gasteiger partial charge in [-0.25, -0.2) is 9.89 Å². The molecule has 1 fully saturated rings. The van der Waals surface area contributed by atoms with Gasteiger partial charge in [0.25, 0.3) is 5.91 Å². The Hall–Kier alpha value is -3.84. The Morgan fingerprint density at radius 3 is 2.43 bits per heavy atom. The van der Waals surface area contributed by atoms with Crippen LogP contribution in [0.3, 0.4) is 0 Å². The van der Waals surface area contributed by atoms with E-state index in [9.17, 15) is 4.79 Å². The van der Waals surface area contributed by atoms with Gasteiger partial charge in [-0.05, 0) is 47.4 Å². The molecule has 6 rings (SSSR count). The van der Waals surface area contributed by atoms with E-state index in [1.807, 2.05) is 41.3 Å². The molecule has 3 aliphatic heterocycles. The third kappa shape index (κ3) is 4.91. The number of amides is 1. The molecule has 1 amide bonds. The molecule has 37 heavy (non-hydrogen) atoms. The summed E-state index contributed by atoms with van der Waals surface area (Å²) in [4.78, 5) is 25.3. The molecular weight excluding hydrogens is 464 g/mol. The quantitative estimate of drug-likeness (QED) is 0.514. The van der Waals surface area contributed by atoms with Gasteiger partial charge in [-0.15, -0.1) is 0 Å². The van der Waals surface area contributed by atoms with Crippen LogP contribution in [0, 0.1) is 0 Å². The van der Waals surface area contributed by atoms with Crippen LogP contribution in [0.2, 0.25) is 0 Å². The summed E-state index contributed by atoms with van der Waals surface area (Å²) in [6.45, 7) is 6.71. The molecule has 0 N–H and O–H groups in total. The van der Waals surface area contributed by atoms with Crippen molar-refractivity contribution in [2.75, 3.05) is 37.9 Å². The number of aliphatic imine (C=N–C) groups is 1. The van der Waals surface area contributed by atoms with Crippen molar-refractivity contribution in [3.63, 3.8) is 0 Å². The zero-order chi connectivity index (χ0) is 25.2. The number of ether oxygens (including phenoxy) is 2. The monoisotopic (exact) mass is 496 g/mol. The number of carbonyl (C=O) groups is 1. The van der Waals surface area contributed by atoms with Gasteiger partial charge in [-0.1, -0.05) is 55.5 Å². The van der Waals surface area contributed by atoms with Gasteiger partial charge in [0.2, 0.25) is 12.8 Å². The Balaban J connectivity index is 1.19. The van der Waals surface area contributed by atoms with Crippen LogP contribution in [0.1, 0.15) is 23.6 Å². The minimum absolute atomic E-state index is 0.0508. The zero-order valence-electron chi connectivity index (χ0n) is 21.2. The smallest absolute Gasteiger partial charge is 0.259 e. The van der Waals surface area contributed by atoms with E-state index in [4.69, 9.17) is 14.5 Å². The van der Waals surface area contributed by atoms with Crippen LogP contribution in [-0.2, 0) is 24.2 Å². The summed E-state index contributed by atoms with van der Waals surface area (Å²) in [5.41, 5.74) is 4.46. The number of nitrogens with zero attached hydrogens (tertiary/aromatic N) is 4. The number of anilines is 1. The molecule has 1 unspecified atom stereocenters. The number of guanidine groups is 1. The maximum Gasteiger partial charge on any atom is 0.259 e. The second kappa shape index (κ2) is 10.3. The van der Waals surface area contributed by atoms with Crippen molar-refractivity contribution in [3.8, 4) is 11.5 Å². The molecule has 0 aliphatic carbocycles. The van der Waals surface area contributed by atoms with Crippen molar-refractivity contribution in [2.24, 2.45) is 4.99 Å². The van der Waals surface area contributed by atoms with E-state index in [1.54, 1.807) is 0 Å². The number of fused-ring (bicyclic) bond motifs is 1. The van der Waals surface area contributed by atoms with Gasteiger partial charge in [-0.2, -0.15) is 0 Å². The molecule has 0 aromatic heterocycles. The largest absolute Gasteiger partial charge is 0.454 e. The van der Waals surface area contributed by atoms with Gasteiger partial charge in [0, 0.05) is 39.1 Å². The summed E-state index contributed by atoms with van der Waals surface area (Å²) >= 11 is 0. The second-order valence-corrected chi connectivity index (χ2v) is 9.78. The molecule has 0 saturated carbocycles. The Bertz CT molecular complexity index is 1300. The number of hydrogen-bond acceptors (Lipinski definition) is 6. The van der Waals surface area contributed by atoms with E-state index in [0.29, 0.717) is 13.2 Å². The summed E-state index contributed by atoms with van der Waals surface area (Å²) in [6.07, 6.45) is 1.53. The number of hydrogen-bond donors (Lipinski definition) is 0. The highest BCUT2D eigenvalue weighted by Gasteiger charge is 2.39. The van der Waals surface area contributed by atoms with Crippen LogP contribution in [0.4, 0.5) is 5.69 Å². The van der Waals surface area contributed by atoms with Gasteiger partial charge in [0.05, 0.1) is 5.69 Å². The number of rotatable bonds is 6. The normalized spacial score (nSPS) is 19.4. The molecule has 0 radical (unpaired) electrons. The van der Waals surface area contributed by atoms with Crippen LogP contribution in [-0.4, -0.2) is 60.7 Å². The third-order valence-electron chi connectivity index (χ3n) is 7.32. The predicted octanol–water partition coefficient (Wildman–Crippen LogP) is 4.11. The van der Waals surface area contributed by atoms with Gasteiger partial charge >= 0.3 is 0 Å².